The number of anilines is 1. The van der Waals surface area contributed by atoms with Crippen LogP contribution >= 0.6 is 35.0 Å². The van der Waals surface area contributed by atoms with Crippen molar-refractivity contribution in [1.82, 2.24) is 0 Å². The van der Waals surface area contributed by atoms with Crippen LogP contribution in [0.2, 0.25) is 10.0 Å². The number of carboxylic acids is 2. The Kier molecular flexibility index (Phi) is 7.75. The third-order valence-corrected chi connectivity index (χ3v) is 6.22. The highest BCUT2D eigenvalue weighted by Crippen LogP contribution is 2.25. The number of hydrogen-bond acceptors (Lipinski definition) is 5. The minimum atomic E-state index is -1.42. The van der Waals surface area contributed by atoms with Gasteiger partial charge >= 0.3 is 11.9 Å². The van der Waals surface area contributed by atoms with Crippen molar-refractivity contribution < 1.29 is 29.4 Å². The molecule has 0 aromatic heterocycles. The normalized spacial score (nSPS) is 10.5. The van der Waals surface area contributed by atoms with Crippen LogP contribution in [0, 0.1) is 0 Å². The van der Waals surface area contributed by atoms with Gasteiger partial charge in [0.15, 0.2) is 5.78 Å². The minimum Gasteiger partial charge on any atom is -0.478 e. The number of rotatable bonds is 8. The molecule has 0 fully saturated rings. The first kappa shape index (κ1) is 24.3. The van der Waals surface area contributed by atoms with Gasteiger partial charge in [0.1, 0.15) is 0 Å². The van der Waals surface area contributed by atoms with Crippen LogP contribution < -0.4 is 5.32 Å². The molecule has 0 aliphatic heterocycles. The number of nitrogens with one attached hydrogen (secondary N) is 1. The first-order chi connectivity index (χ1) is 15.7. The van der Waals surface area contributed by atoms with Gasteiger partial charge in [-0.1, -0.05) is 23.2 Å². The molecule has 0 aliphatic carbocycles. The third-order valence-electron chi connectivity index (χ3n) is 4.47. The molecular weight excluding hydrogens is 489 g/mol. The molecule has 0 atom stereocenters. The monoisotopic (exact) mass is 503 g/mol. The lowest BCUT2D eigenvalue weighted by Crippen LogP contribution is -2.17. The van der Waals surface area contributed by atoms with Crippen molar-refractivity contribution in [3.05, 3.63) is 93.0 Å². The maximum atomic E-state index is 12.5. The number of carbonyl (C=O) groups excluding carboxylic acids is 2. The van der Waals surface area contributed by atoms with Gasteiger partial charge in [-0.15, -0.1) is 11.8 Å². The van der Waals surface area contributed by atoms with Crippen molar-refractivity contribution >= 4 is 64.3 Å². The van der Waals surface area contributed by atoms with Gasteiger partial charge in [-0.25, -0.2) is 9.59 Å². The van der Waals surface area contributed by atoms with Crippen molar-refractivity contribution in [3.63, 3.8) is 0 Å². The Bertz CT molecular complexity index is 1260. The molecule has 3 aromatic rings. The summed E-state index contributed by atoms with van der Waals surface area (Å²) in [7, 11) is 0. The molecule has 0 radical (unpaired) electrons. The van der Waals surface area contributed by atoms with E-state index in [-0.39, 0.29) is 22.7 Å². The van der Waals surface area contributed by atoms with Gasteiger partial charge in [-0.2, -0.15) is 0 Å². The smallest absolute Gasteiger partial charge is 0.336 e. The largest absolute Gasteiger partial charge is 0.478 e. The van der Waals surface area contributed by atoms with E-state index >= 15 is 0 Å². The van der Waals surface area contributed by atoms with Crippen LogP contribution in [-0.4, -0.2) is 39.6 Å². The van der Waals surface area contributed by atoms with Gasteiger partial charge in [0.25, 0.3) is 5.91 Å². The predicted octanol–water partition coefficient (Wildman–Crippen LogP) is 5.62. The number of benzene rings is 3. The molecule has 0 saturated carbocycles. The number of aromatic carboxylic acids is 2. The van der Waals surface area contributed by atoms with Crippen molar-refractivity contribution in [1.29, 1.82) is 0 Å². The van der Waals surface area contributed by atoms with E-state index in [0.717, 1.165) is 23.1 Å². The number of carboxylic acid groups (broad SMARTS) is 2. The standard InChI is InChI=1S/C23H15Cl2NO6S/c24-18-8-2-12(10-19(18)25)20(27)11-33-15-5-3-14(4-6-15)26-21(28)16-7-1-13(22(29)30)9-17(16)23(31)32/h1-10H,11H2,(H,26,28)(H,29,30)(H,31,32). The van der Waals surface area contributed by atoms with E-state index in [2.05, 4.69) is 5.32 Å². The Hall–Kier alpha value is -3.33. The topological polar surface area (TPSA) is 121 Å². The number of ketones is 1. The summed E-state index contributed by atoms with van der Waals surface area (Å²) >= 11 is 13.1. The average Bonchev–Trinajstić information content (AvgIpc) is 2.79. The zero-order valence-electron chi connectivity index (χ0n) is 16.7. The van der Waals surface area contributed by atoms with E-state index in [4.69, 9.17) is 28.3 Å². The van der Waals surface area contributed by atoms with Crippen molar-refractivity contribution in [2.24, 2.45) is 0 Å². The summed E-state index contributed by atoms with van der Waals surface area (Å²) in [5.41, 5.74) is 0.0297. The zero-order chi connectivity index (χ0) is 24.1. The Balaban J connectivity index is 1.65. The highest BCUT2D eigenvalue weighted by Gasteiger charge is 2.19. The summed E-state index contributed by atoms with van der Waals surface area (Å²) in [4.78, 5) is 48.2. The SMILES string of the molecule is O=C(O)c1ccc(C(=O)Nc2ccc(SCC(=O)c3ccc(Cl)c(Cl)c3)cc2)c(C(=O)O)c1. The minimum absolute atomic E-state index is 0.123. The molecule has 10 heteroatoms. The van der Waals surface area contributed by atoms with Crippen LogP contribution in [-0.2, 0) is 0 Å². The van der Waals surface area contributed by atoms with E-state index in [1.165, 1.54) is 17.8 Å². The summed E-state index contributed by atoms with van der Waals surface area (Å²) in [6.45, 7) is 0. The molecule has 3 N–H and O–H groups in total. The second kappa shape index (κ2) is 10.5. The predicted molar refractivity (Wildman–Crippen MR) is 126 cm³/mol. The number of carbonyl (C=O) groups is 4. The van der Waals surface area contributed by atoms with Crippen molar-refractivity contribution in [2.75, 3.05) is 11.1 Å². The second-order valence-electron chi connectivity index (χ2n) is 6.69. The summed E-state index contributed by atoms with van der Waals surface area (Å²) in [5.74, 6) is -3.36. The molecule has 7 nitrogen and oxygen atoms in total. The molecule has 1 amide bonds. The molecule has 3 aromatic carbocycles. The van der Waals surface area contributed by atoms with E-state index in [1.807, 2.05) is 0 Å². The number of thioether (sulfide) groups is 1. The molecule has 0 spiro atoms. The summed E-state index contributed by atoms with van der Waals surface area (Å²) < 4.78 is 0. The van der Waals surface area contributed by atoms with E-state index < -0.39 is 23.4 Å². The van der Waals surface area contributed by atoms with Crippen LogP contribution in [0.4, 0.5) is 5.69 Å². The summed E-state index contributed by atoms with van der Waals surface area (Å²) in [6, 6.07) is 14.5. The number of amides is 1. The molecule has 0 unspecified atom stereocenters. The van der Waals surface area contributed by atoms with E-state index in [9.17, 15) is 24.3 Å². The second-order valence-corrected chi connectivity index (χ2v) is 8.55. The fraction of sp³-hybridized carbons (Fsp3) is 0.0435. The lowest BCUT2D eigenvalue weighted by atomic mass is 10.0. The highest BCUT2D eigenvalue weighted by molar-refractivity contribution is 8.00. The van der Waals surface area contributed by atoms with Gasteiger partial charge in [-0.05, 0) is 60.7 Å². The van der Waals surface area contributed by atoms with E-state index in [1.54, 1.807) is 36.4 Å². The Morgan fingerprint density at radius 2 is 1.42 bits per heavy atom. The zero-order valence-corrected chi connectivity index (χ0v) is 19.0. The first-order valence-corrected chi connectivity index (χ1v) is 11.0. The highest BCUT2D eigenvalue weighted by atomic mass is 35.5. The molecule has 168 valence electrons. The quantitative estimate of drug-likeness (QED) is 0.269. The Morgan fingerprint density at radius 1 is 0.758 bits per heavy atom. The number of hydrogen-bond donors (Lipinski definition) is 3. The van der Waals surface area contributed by atoms with Crippen LogP contribution in [0.15, 0.2) is 65.6 Å². The Labute approximate surface area is 202 Å². The Morgan fingerprint density at radius 3 is 2.03 bits per heavy atom. The number of halogens is 2. The third kappa shape index (κ3) is 6.13. The van der Waals surface area contributed by atoms with Crippen LogP contribution in [0.1, 0.15) is 41.4 Å². The molecular formula is C23H15Cl2NO6S. The first-order valence-electron chi connectivity index (χ1n) is 9.29. The fourth-order valence-electron chi connectivity index (χ4n) is 2.79. The average molecular weight is 504 g/mol. The van der Waals surface area contributed by atoms with Gasteiger partial charge < -0.3 is 15.5 Å². The molecule has 0 bridgehead atoms. The maximum absolute atomic E-state index is 12.5. The fourth-order valence-corrected chi connectivity index (χ4v) is 3.88. The van der Waals surface area contributed by atoms with Gasteiger partial charge in [0.05, 0.1) is 32.5 Å². The molecule has 0 saturated heterocycles. The lowest BCUT2D eigenvalue weighted by Gasteiger charge is -2.09. The summed E-state index contributed by atoms with van der Waals surface area (Å²) in [5, 5.41) is 21.6. The van der Waals surface area contributed by atoms with Crippen LogP contribution in [0.25, 0.3) is 0 Å². The van der Waals surface area contributed by atoms with E-state index in [0.29, 0.717) is 21.3 Å². The van der Waals surface area contributed by atoms with Gasteiger partial charge in [-0.3, -0.25) is 9.59 Å². The molecule has 3 rings (SSSR count). The van der Waals surface area contributed by atoms with Gasteiger partial charge in [0, 0.05) is 16.1 Å². The van der Waals surface area contributed by atoms with Crippen molar-refractivity contribution in [2.45, 2.75) is 4.90 Å². The summed E-state index contributed by atoms with van der Waals surface area (Å²) in [6.07, 6.45) is 0. The number of Topliss-reactive ketones (excluding diaryl/α,β-unsaturated/α-hetero) is 1. The lowest BCUT2D eigenvalue weighted by molar-refractivity contribution is 0.0692. The van der Waals surface area contributed by atoms with Crippen molar-refractivity contribution in [3.8, 4) is 0 Å². The molecule has 33 heavy (non-hydrogen) atoms. The van der Waals surface area contributed by atoms with Crippen LogP contribution in [0.5, 0.6) is 0 Å². The molecule has 0 heterocycles. The maximum Gasteiger partial charge on any atom is 0.336 e. The van der Waals surface area contributed by atoms with Crippen LogP contribution in [0.3, 0.4) is 0 Å². The van der Waals surface area contributed by atoms with Gasteiger partial charge in [0.2, 0.25) is 0 Å². The molecule has 0 aliphatic rings.